The summed E-state index contributed by atoms with van der Waals surface area (Å²) in [5.41, 5.74) is 0.120. The number of benzene rings is 2. The molecule has 29 heavy (non-hydrogen) atoms. The van der Waals surface area contributed by atoms with Crippen LogP contribution < -0.4 is 25.4 Å². The van der Waals surface area contributed by atoms with Crippen LogP contribution in [-0.2, 0) is 14.4 Å². The van der Waals surface area contributed by atoms with Gasteiger partial charge in [0.1, 0.15) is 5.41 Å². The van der Waals surface area contributed by atoms with Gasteiger partial charge in [0.2, 0.25) is 17.7 Å². The average Bonchev–Trinajstić information content (AvgIpc) is 2.67. The number of anilines is 3. The molecule has 2 aromatic carbocycles. The third kappa shape index (κ3) is 5.47. The van der Waals surface area contributed by atoms with Gasteiger partial charge in [0.25, 0.3) is 0 Å². The van der Waals surface area contributed by atoms with Crippen LogP contribution in [0.15, 0.2) is 42.5 Å². The van der Waals surface area contributed by atoms with Crippen molar-refractivity contribution in [2.24, 2.45) is 5.41 Å². The lowest BCUT2D eigenvalue weighted by atomic mass is 9.90. The first-order valence-corrected chi connectivity index (χ1v) is 8.90. The van der Waals surface area contributed by atoms with Gasteiger partial charge < -0.3 is 25.4 Å². The summed E-state index contributed by atoms with van der Waals surface area (Å²) < 4.78 is 10.4. The zero-order valence-electron chi connectivity index (χ0n) is 17.1. The van der Waals surface area contributed by atoms with E-state index in [-0.39, 0.29) is 5.91 Å². The second-order valence-electron chi connectivity index (χ2n) is 6.87. The molecule has 0 aromatic heterocycles. The van der Waals surface area contributed by atoms with E-state index in [0.29, 0.717) is 28.6 Å². The van der Waals surface area contributed by atoms with Gasteiger partial charge in [0.15, 0.2) is 11.5 Å². The van der Waals surface area contributed by atoms with Gasteiger partial charge in [-0.25, -0.2) is 0 Å². The van der Waals surface area contributed by atoms with E-state index in [2.05, 4.69) is 16.0 Å². The number of hydrogen-bond acceptors (Lipinski definition) is 5. The van der Waals surface area contributed by atoms with E-state index in [0.717, 1.165) is 0 Å². The lowest BCUT2D eigenvalue weighted by Gasteiger charge is -2.23. The molecule has 0 heterocycles. The quantitative estimate of drug-likeness (QED) is 0.620. The lowest BCUT2D eigenvalue weighted by Crippen LogP contribution is -2.41. The van der Waals surface area contributed by atoms with Crippen LogP contribution in [0.4, 0.5) is 17.1 Å². The van der Waals surface area contributed by atoms with Crippen LogP contribution in [0.2, 0.25) is 0 Å². The van der Waals surface area contributed by atoms with Gasteiger partial charge in [-0.2, -0.15) is 0 Å². The summed E-state index contributed by atoms with van der Waals surface area (Å²) in [5.74, 6) is -0.206. The van der Waals surface area contributed by atoms with Crippen LogP contribution in [-0.4, -0.2) is 31.9 Å². The number of ether oxygens (including phenoxy) is 2. The van der Waals surface area contributed by atoms with Crippen LogP contribution >= 0.6 is 0 Å². The van der Waals surface area contributed by atoms with E-state index in [9.17, 15) is 14.4 Å². The smallest absolute Gasteiger partial charge is 0.239 e. The molecule has 154 valence electrons. The highest BCUT2D eigenvalue weighted by molar-refractivity contribution is 6.14. The van der Waals surface area contributed by atoms with Crippen molar-refractivity contribution in [1.29, 1.82) is 0 Å². The first-order valence-electron chi connectivity index (χ1n) is 8.90. The zero-order chi connectivity index (χ0) is 21.6. The minimum atomic E-state index is -1.36. The fraction of sp³-hybridized carbons (Fsp3) is 0.286. The minimum Gasteiger partial charge on any atom is -0.493 e. The Morgan fingerprint density at radius 1 is 0.759 bits per heavy atom. The molecule has 0 aliphatic rings. The number of amides is 3. The standard InChI is InChI=1S/C21H25N3O5/c1-13(25)22-14-7-6-8-15(11-14)23-19(26)21(2,3)20(27)24-16-9-10-17(28-4)18(12-16)29-5/h6-12H,1-5H3,(H,22,25)(H,23,26)(H,24,27). The largest absolute Gasteiger partial charge is 0.493 e. The Kier molecular flexibility index (Phi) is 6.82. The van der Waals surface area contributed by atoms with Gasteiger partial charge in [-0.05, 0) is 44.2 Å². The first-order chi connectivity index (χ1) is 13.7. The fourth-order valence-corrected chi connectivity index (χ4v) is 2.47. The summed E-state index contributed by atoms with van der Waals surface area (Å²) >= 11 is 0. The maximum atomic E-state index is 12.7. The Morgan fingerprint density at radius 2 is 1.28 bits per heavy atom. The van der Waals surface area contributed by atoms with Crippen molar-refractivity contribution in [3.8, 4) is 11.5 Å². The predicted molar refractivity (Wildman–Crippen MR) is 111 cm³/mol. The van der Waals surface area contributed by atoms with E-state index >= 15 is 0 Å². The molecule has 0 unspecified atom stereocenters. The second kappa shape index (κ2) is 9.09. The SMILES string of the molecule is COc1ccc(NC(=O)C(C)(C)C(=O)Nc2cccc(NC(C)=O)c2)cc1OC. The molecule has 0 bridgehead atoms. The van der Waals surface area contributed by atoms with Crippen molar-refractivity contribution in [3.05, 3.63) is 42.5 Å². The molecule has 0 atom stereocenters. The Balaban J connectivity index is 2.12. The maximum absolute atomic E-state index is 12.7. The fourth-order valence-electron chi connectivity index (χ4n) is 2.47. The van der Waals surface area contributed by atoms with Crippen LogP contribution in [0.5, 0.6) is 11.5 Å². The van der Waals surface area contributed by atoms with Crippen molar-refractivity contribution in [2.45, 2.75) is 20.8 Å². The van der Waals surface area contributed by atoms with Crippen LogP contribution in [0.3, 0.4) is 0 Å². The van der Waals surface area contributed by atoms with Crippen molar-refractivity contribution in [2.75, 3.05) is 30.2 Å². The van der Waals surface area contributed by atoms with Crippen molar-refractivity contribution in [1.82, 2.24) is 0 Å². The Hall–Kier alpha value is -3.55. The number of nitrogens with one attached hydrogen (secondary N) is 3. The van der Waals surface area contributed by atoms with Gasteiger partial charge in [0.05, 0.1) is 14.2 Å². The summed E-state index contributed by atoms with van der Waals surface area (Å²) in [6.07, 6.45) is 0. The van der Waals surface area contributed by atoms with Crippen molar-refractivity contribution < 1.29 is 23.9 Å². The van der Waals surface area contributed by atoms with Crippen LogP contribution in [0, 0.1) is 5.41 Å². The van der Waals surface area contributed by atoms with Crippen LogP contribution in [0.1, 0.15) is 20.8 Å². The number of methoxy groups -OCH3 is 2. The van der Waals surface area contributed by atoms with E-state index < -0.39 is 17.2 Å². The lowest BCUT2D eigenvalue weighted by molar-refractivity contribution is -0.135. The first kappa shape index (κ1) is 21.7. The highest BCUT2D eigenvalue weighted by Crippen LogP contribution is 2.31. The van der Waals surface area contributed by atoms with Gasteiger partial charge >= 0.3 is 0 Å². The van der Waals surface area contributed by atoms with E-state index in [1.807, 2.05) is 0 Å². The maximum Gasteiger partial charge on any atom is 0.239 e. The Bertz CT molecular complexity index is 924. The molecule has 0 saturated carbocycles. The molecule has 8 heteroatoms. The van der Waals surface area contributed by atoms with Gasteiger partial charge in [0, 0.05) is 30.1 Å². The zero-order valence-corrected chi connectivity index (χ0v) is 17.1. The Morgan fingerprint density at radius 3 is 1.79 bits per heavy atom. The molecule has 3 amide bonds. The molecule has 0 spiro atoms. The van der Waals surface area contributed by atoms with Crippen molar-refractivity contribution in [3.63, 3.8) is 0 Å². The van der Waals surface area contributed by atoms with Gasteiger partial charge in [-0.15, -0.1) is 0 Å². The van der Waals surface area contributed by atoms with Gasteiger partial charge in [-0.1, -0.05) is 6.07 Å². The third-order valence-corrected chi connectivity index (χ3v) is 4.22. The topological polar surface area (TPSA) is 106 Å². The molecule has 0 saturated heterocycles. The second-order valence-corrected chi connectivity index (χ2v) is 6.87. The van der Waals surface area contributed by atoms with Crippen LogP contribution in [0.25, 0.3) is 0 Å². The molecule has 0 aliphatic carbocycles. The molecular weight excluding hydrogens is 374 g/mol. The highest BCUT2D eigenvalue weighted by Gasteiger charge is 2.36. The average molecular weight is 399 g/mol. The highest BCUT2D eigenvalue weighted by atomic mass is 16.5. The van der Waals surface area contributed by atoms with E-state index in [1.54, 1.807) is 42.5 Å². The summed E-state index contributed by atoms with van der Waals surface area (Å²) in [7, 11) is 3.01. The summed E-state index contributed by atoms with van der Waals surface area (Å²) in [6.45, 7) is 4.44. The molecule has 2 aromatic rings. The third-order valence-electron chi connectivity index (χ3n) is 4.22. The number of hydrogen-bond donors (Lipinski definition) is 3. The molecule has 0 radical (unpaired) electrons. The van der Waals surface area contributed by atoms with E-state index in [4.69, 9.17) is 9.47 Å². The molecule has 3 N–H and O–H groups in total. The van der Waals surface area contributed by atoms with Crippen molar-refractivity contribution >= 4 is 34.8 Å². The number of carbonyl (C=O) groups is 3. The number of rotatable bonds is 7. The van der Waals surface area contributed by atoms with E-state index in [1.165, 1.54) is 35.0 Å². The molecule has 0 fully saturated rings. The summed E-state index contributed by atoms with van der Waals surface area (Å²) in [5, 5.41) is 8.07. The van der Waals surface area contributed by atoms with Gasteiger partial charge in [-0.3, -0.25) is 14.4 Å². The molecule has 0 aliphatic heterocycles. The molecule has 2 rings (SSSR count). The summed E-state index contributed by atoms with van der Waals surface area (Å²) in [6, 6.07) is 11.6. The summed E-state index contributed by atoms with van der Waals surface area (Å²) in [4.78, 5) is 36.6. The predicted octanol–water partition coefficient (Wildman–Crippen LogP) is 3.27. The minimum absolute atomic E-state index is 0.219. The molecule has 8 nitrogen and oxygen atoms in total. The Labute approximate surface area is 169 Å². The number of carbonyl (C=O) groups excluding carboxylic acids is 3. The monoisotopic (exact) mass is 399 g/mol. The molecular formula is C21H25N3O5. The normalized spacial score (nSPS) is 10.7.